The molecule has 1 atom stereocenters. The monoisotopic (exact) mass is 483 g/mol. The fourth-order valence-electron chi connectivity index (χ4n) is 3.70. The van der Waals surface area contributed by atoms with Gasteiger partial charge in [-0.1, -0.05) is 15.9 Å². The molecule has 1 amide bonds. The molecule has 0 N–H and O–H groups in total. The highest BCUT2D eigenvalue weighted by atomic mass is 79.9. The molecule has 3 rings (SSSR count). The summed E-state index contributed by atoms with van der Waals surface area (Å²) < 4.78 is 45.4. The van der Waals surface area contributed by atoms with Gasteiger partial charge < -0.3 is 9.64 Å². The largest absolute Gasteiger partial charge is 0.497 e. The van der Waals surface area contributed by atoms with Gasteiger partial charge in [-0.3, -0.25) is 9.59 Å². The van der Waals surface area contributed by atoms with Crippen LogP contribution in [0.5, 0.6) is 5.75 Å². The van der Waals surface area contributed by atoms with Crippen LogP contribution in [0.15, 0.2) is 40.9 Å². The first kappa shape index (κ1) is 22.3. The molecule has 0 aliphatic carbocycles. The van der Waals surface area contributed by atoms with Crippen molar-refractivity contribution in [3.8, 4) is 5.75 Å². The van der Waals surface area contributed by atoms with E-state index >= 15 is 0 Å². The molecule has 8 heteroatoms. The van der Waals surface area contributed by atoms with Crippen molar-refractivity contribution in [3.63, 3.8) is 0 Å². The first-order chi connectivity index (χ1) is 14.2. The third-order valence-corrected chi connectivity index (χ3v) is 6.06. The highest BCUT2D eigenvalue weighted by molar-refractivity contribution is 9.10. The van der Waals surface area contributed by atoms with Crippen molar-refractivity contribution in [1.29, 1.82) is 0 Å². The number of Topliss-reactive ketones (excluding diaryl/α,β-unsaturated/α-hetero) is 1. The number of carbonyl (C=O) groups is 2. The molecule has 30 heavy (non-hydrogen) atoms. The molecule has 1 unspecified atom stereocenters. The molecule has 1 aliphatic heterocycles. The summed E-state index contributed by atoms with van der Waals surface area (Å²) in [6.45, 7) is 2.01. The minimum absolute atomic E-state index is 0.203. The lowest BCUT2D eigenvalue weighted by molar-refractivity contribution is -0.138. The third kappa shape index (κ3) is 4.53. The van der Waals surface area contributed by atoms with Crippen molar-refractivity contribution < 1.29 is 27.5 Å². The predicted octanol–water partition coefficient (Wildman–Crippen LogP) is 5.20. The molecule has 0 spiro atoms. The fourth-order valence-corrected chi connectivity index (χ4v) is 4.15. The quantitative estimate of drug-likeness (QED) is 0.548. The summed E-state index contributed by atoms with van der Waals surface area (Å²) >= 11 is 3.46. The second kappa shape index (κ2) is 8.79. The summed E-state index contributed by atoms with van der Waals surface area (Å²) in [5, 5.41) is 0. The van der Waals surface area contributed by atoms with Crippen LogP contribution in [0.3, 0.4) is 0 Å². The summed E-state index contributed by atoms with van der Waals surface area (Å²) in [6.07, 6.45) is -4.00. The van der Waals surface area contributed by atoms with Gasteiger partial charge in [0, 0.05) is 23.1 Å². The van der Waals surface area contributed by atoms with Crippen LogP contribution in [0.4, 0.5) is 18.9 Å². The molecule has 2 aromatic rings. The molecule has 2 aromatic carbocycles. The number of benzene rings is 2. The van der Waals surface area contributed by atoms with Gasteiger partial charge in [-0.2, -0.15) is 13.2 Å². The average Bonchev–Trinajstić information content (AvgIpc) is 2.79. The molecule has 160 valence electrons. The molecule has 0 saturated heterocycles. The number of aryl methyl sites for hydroxylation is 1. The number of rotatable bonds is 5. The van der Waals surface area contributed by atoms with Gasteiger partial charge in [0.25, 0.3) is 0 Å². The standard InChI is InChI=1S/C22H21BrF3NO3/c1-3-27-19-9-5-15(22(24,25)26)10-14(19)12-20(28)17(21(27)29)7-4-13-11-16(30-2)6-8-18(13)23/h5-6,8-11,17H,3-4,7,12H2,1-2H3. The number of alkyl halides is 3. The predicted molar refractivity (Wildman–Crippen MR) is 111 cm³/mol. The Morgan fingerprint density at radius 1 is 1.17 bits per heavy atom. The van der Waals surface area contributed by atoms with Crippen molar-refractivity contribution in [2.75, 3.05) is 18.6 Å². The van der Waals surface area contributed by atoms with E-state index in [9.17, 15) is 22.8 Å². The first-order valence-electron chi connectivity index (χ1n) is 9.52. The molecule has 0 fully saturated rings. The molecule has 0 aromatic heterocycles. The van der Waals surface area contributed by atoms with Crippen LogP contribution in [-0.4, -0.2) is 25.3 Å². The number of nitrogens with zero attached hydrogens (tertiary/aromatic N) is 1. The lowest BCUT2D eigenvalue weighted by Gasteiger charge is -2.24. The molecule has 1 aliphatic rings. The van der Waals surface area contributed by atoms with E-state index in [1.165, 1.54) is 11.0 Å². The Balaban J connectivity index is 1.89. The molecule has 0 radical (unpaired) electrons. The van der Waals surface area contributed by atoms with E-state index < -0.39 is 17.7 Å². The molecule has 4 nitrogen and oxygen atoms in total. The number of methoxy groups -OCH3 is 1. The Morgan fingerprint density at radius 3 is 2.53 bits per heavy atom. The summed E-state index contributed by atoms with van der Waals surface area (Å²) in [4.78, 5) is 27.4. The van der Waals surface area contributed by atoms with Gasteiger partial charge in [-0.05, 0) is 67.3 Å². The number of fused-ring (bicyclic) bond motifs is 1. The Morgan fingerprint density at radius 2 is 1.90 bits per heavy atom. The van der Waals surface area contributed by atoms with Crippen molar-refractivity contribution >= 4 is 33.3 Å². The van der Waals surface area contributed by atoms with Crippen LogP contribution in [0.1, 0.15) is 30.0 Å². The van der Waals surface area contributed by atoms with Gasteiger partial charge in [0.2, 0.25) is 5.91 Å². The van der Waals surface area contributed by atoms with Crippen LogP contribution < -0.4 is 9.64 Å². The van der Waals surface area contributed by atoms with E-state index in [-0.39, 0.29) is 36.6 Å². The second-order valence-corrected chi connectivity index (χ2v) is 7.97. The SMILES string of the molecule is CCN1C(=O)C(CCc2cc(OC)ccc2Br)C(=O)Cc2cc(C(F)(F)F)ccc21. The lowest BCUT2D eigenvalue weighted by atomic mass is 9.92. The van der Waals surface area contributed by atoms with Crippen LogP contribution in [0, 0.1) is 5.92 Å². The van der Waals surface area contributed by atoms with Crippen LogP contribution in [-0.2, 0) is 28.6 Å². The van der Waals surface area contributed by atoms with E-state index in [2.05, 4.69) is 15.9 Å². The number of hydrogen-bond acceptors (Lipinski definition) is 3. The minimum atomic E-state index is -4.51. The number of halogens is 4. The zero-order valence-electron chi connectivity index (χ0n) is 16.6. The maximum absolute atomic E-state index is 13.1. The molecule has 0 saturated carbocycles. The number of hydrogen-bond donors (Lipinski definition) is 0. The van der Waals surface area contributed by atoms with Gasteiger partial charge in [-0.25, -0.2) is 0 Å². The highest BCUT2D eigenvalue weighted by Gasteiger charge is 2.37. The Bertz CT molecular complexity index is 975. The van der Waals surface area contributed by atoms with Gasteiger partial charge in [-0.15, -0.1) is 0 Å². The summed E-state index contributed by atoms with van der Waals surface area (Å²) in [5.74, 6) is -0.991. The zero-order valence-corrected chi connectivity index (χ0v) is 18.1. The van der Waals surface area contributed by atoms with Gasteiger partial charge in [0.05, 0.1) is 18.6 Å². The van der Waals surface area contributed by atoms with Gasteiger partial charge in [0.1, 0.15) is 11.5 Å². The van der Waals surface area contributed by atoms with E-state index in [0.717, 1.165) is 22.2 Å². The number of carbonyl (C=O) groups excluding carboxylic acids is 2. The highest BCUT2D eigenvalue weighted by Crippen LogP contribution is 2.36. The number of anilines is 1. The van der Waals surface area contributed by atoms with Crippen molar-refractivity contribution in [2.45, 2.75) is 32.4 Å². The number of ether oxygens (including phenoxy) is 1. The second-order valence-electron chi connectivity index (χ2n) is 7.12. The Kier molecular flexibility index (Phi) is 6.55. The molecular weight excluding hydrogens is 463 g/mol. The molecule has 0 bridgehead atoms. The topological polar surface area (TPSA) is 46.6 Å². The summed E-state index contributed by atoms with van der Waals surface area (Å²) in [5.41, 5.74) is 0.666. The minimum Gasteiger partial charge on any atom is -0.497 e. The van der Waals surface area contributed by atoms with Gasteiger partial charge >= 0.3 is 6.18 Å². The summed E-state index contributed by atoms with van der Waals surface area (Å²) in [7, 11) is 1.55. The maximum atomic E-state index is 13.1. The summed E-state index contributed by atoms with van der Waals surface area (Å²) in [6, 6.07) is 8.67. The van der Waals surface area contributed by atoms with Crippen LogP contribution in [0.25, 0.3) is 0 Å². The average molecular weight is 484 g/mol. The Hall–Kier alpha value is -2.35. The van der Waals surface area contributed by atoms with E-state index in [1.54, 1.807) is 20.1 Å². The smallest absolute Gasteiger partial charge is 0.416 e. The van der Waals surface area contributed by atoms with Crippen molar-refractivity contribution in [3.05, 3.63) is 57.6 Å². The first-order valence-corrected chi connectivity index (χ1v) is 10.3. The number of ketones is 1. The zero-order chi connectivity index (χ0) is 22.1. The molecular formula is C22H21BrF3NO3. The van der Waals surface area contributed by atoms with Crippen molar-refractivity contribution in [1.82, 2.24) is 0 Å². The number of amides is 1. The molecule has 1 heterocycles. The van der Waals surface area contributed by atoms with E-state index in [1.807, 2.05) is 12.1 Å². The van der Waals surface area contributed by atoms with Crippen LogP contribution in [0.2, 0.25) is 0 Å². The maximum Gasteiger partial charge on any atom is 0.416 e. The normalized spacial score (nSPS) is 17.0. The van der Waals surface area contributed by atoms with Gasteiger partial charge in [0.15, 0.2) is 0 Å². The van der Waals surface area contributed by atoms with Crippen molar-refractivity contribution in [2.24, 2.45) is 5.92 Å². The third-order valence-electron chi connectivity index (χ3n) is 5.29. The van der Waals surface area contributed by atoms with E-state index in [0.29, 0.717) is 17.9 Å². The lowest BCUT2D eigenvalue weighted by Crippen LogP contribution is -2.38. The fraction of sp³-hybridized carbons (Fsp3) is 0.364. The van der Waals surface area contributed by atoms with Crippen LogP contribution >= 0.6 is 15.9 Å². The Labute approximate surface area is 181 Å². The van der Waals surface area contributed by atoms with E-state index in [4.69, 9.17) is 4.74 Å².